The van der Waals surface area contributed by atoms with Crippen LogP contribution in [0.15, 0.2) is 24.3 Å². The quantitative estimate of drug-likeness (QED) is 0.685. The highest BCUT2D eigenvalue weighted by Crippen LogP contribution is 2.20. The molecular weight excluding hydrogens is 371 g/mol. The lowest BCUT2D eigenvalue weighted by Gasteiger charge is -2.33. The molecule has 3 amide bonds. The second-order valence-electron chi connectivity index (χ2n) is 6.98. The van der Waals surface area contributed by atoms with E-state index in [0.29, 0.717) is 19.6 Å². The van der Waals surface area contributed by atoms with Gasteiger partial charge in [0.1, 0.15) is 5.82 Å². The lowest BCUT2D eigenvalue weighted by atomic mass is 9.93. The number of anilines is 1. The number of para-hydroxylation sites is 1. The van der Waals surface area contributed by atoms with E-state index in [-0.39, 0.29) is 36.0 Å². The Labute approximate surface area is 166 Å². The minimum atomic E-state index is -0.481. The van der Waals surface area contributed by atoms with Gasteiger partial charge in [0, 0.05) is 25.2 Å². The van der Waals surface area contributed by atoms with Crippen molar-refractivity contribution in [2.24, 2.45) is 11.7 Å². The third-order valence-corrected chi connectivity index (χ3v) is 5.22. The molecule has 2 rings (SSSR count). The molecule has 0 aliphatic carbocycles. The lowest BCUT2D eigenvalue weighted by Crippen LogP contribution is -2.52. The summed E-state index contributed by atoms with van der Waals surface area (Å²) in [5, 5.41) is 5.51. The van der Waals surface area contributed by atoms with E-state index in [2.05, 4.69) is 10.6 Å². The molecule has 152 valence electrons. The van der Waals surface area contributed by atoms with E-state index in [1.165, 1.54) is 12.1 Å². The van der Waals surface area contributed by atoms with Gasteiger partial charge in [0.25, 0.3) is 0 Å². The molecule has 0 radical (unpaired) electrons. The first-order chi connectivity index (χ1) is 12.4. The fourth-order valence-electron chi connectivity index (χ4n) is 3.04. The molecule has 8 heteroatoms. The maximum absolute atomic E-state index is 13.7. The van der Waals surface area contributed by atoms with E-state index < -0.39 is 11.4 Å². The van der Waals surface area contributed by atoms with Crippen molar-refractivity contribution >= 4 is 30.0 Å². The molecule has 1 aliphatic heterocycles. The summed E-state index contributed by atoms with van der Waals surface area (Å²) in [5.41, 5.74) is 5.97. The van der Waals surface area contributed by atoms with Gasteiger partial charge in [-0.05, 0) is 37.8 Å². The van der Waals surface area contributed by atoms with Crippen LogP contribution >= 0.6 is 12.4 Å². The molecule has 27 heavy (non-hydrogen) atoms. The third-order valence-electron chi connectivity index (χ3n) is 5.22. The number of likely N-dealkylation sites (tertiary alicyclic amines) is 1. The molecule has 1 aromatic rings. The fraction of sp³-hybridized carbons (Fsp3) is 0.579. The van der Waals surface area contributed by atoms with Crippen molar-refractivity contribution in [2.75, 3.05) is 25.0 Å². The average Bonchev–Trinajstić information content (AvgIpc) is 2.67. The third kappa shape index (κ3) is 6.36. The largest absolute Gasteiger partial charge is 0.354 e. The van der Waals surface area contributed by atoms with Crippen LogP contribution in [0, 0.1) is 11.7 Å². The SMILES string of the molecule is CCC(N)(CC)CNC(=O)C1CCCN(C(=O)Nc2ccccc2F)C1.Cl. The van der Waals surface area contributed by atoms with E-state index >= 15 is 0 Å². The Morgan fingerprint density at radius 1 is 1.30 bits per heavy atom. The van der Waals surface area contributed by atoms with Crippen LogP contribution in [-0.2, 0) is 4.79 Å². The zero-order valence-corrected chi connectivity index (χ0v) is 16.8. The van der Waals surface area contributed by atoms with Gasteiger partial charge in [-0.15, -0.1) is 12.4 Å². The summed E-state index contributed by atoms with van der Waals surface area (Å²) in [6, 6.07) is 5.64. The van der Waals surface area contributed by atoms with Gasteiger partial charge < -0.3 is 21.3 Å². The number of amides is 3. The number of nitrogens with two attached hydrogens (primary N) is 1. The second kappa shape index (κ2) is 10.5. The van der Waals surface area contributed by atoms with Gasteiger partial charge in [0.05, 0.1) is 11.6 Å². The molecule has 0 spiro atoms. The van der Waals surface area contributed by atoms with Crippen LogP contribution in [0.2, 0.25) is 0 Å². The second-order valence-corrected chi connectivity index (χ2v) is 6.98. The van der Waals surface area contributed by atoms with Crippen LogP contribution in [0.25, 0.3) is 0 Å². The summed E-state index contributed by atoms with van der Waals surface area (Å²) in [6.45, 7) is 5.31. The van der Waals surface area contributed by atoms with Crippen LogP contribution in [0.3, 0.4) is 0 Å². The maximum atomic E-state index is 13.7. The highest BCUT2D eigenvalue weighted by Gasteiger charge is 2.30. The molecule has 1 saturated heterocycles. The molecule has 1 atom stereocenters. The summed E-state index contributed by atoms with van der Waals surface area (Å²) in [6.07, 6.45) is 3.03. The first-order valence-corrected chi connectivity index (χ1v) is 9.25. The highest BCUT2D eigenvalue weighted by atomic mass is 35.5. The molecule has 0 saturated carbocycles. The van der Waals surface area contributed by atoms with Crippen molar-refractivity contribution in [2.45, 2.75) is 45.1 Å². The predicted molar refractivity (Wildman–Crippen MR) is 107 cm³/mol. The molecule has 1 aliphatic rings. The first-order valence-electron chi connectivity index (χ1n) is 9.25. The van der Waals surface area contributed by atoms with E-state index in [9.17, 15) is 14.0 Å². The summed E-state index contributed by atoms with van der Waals surface area (Å²) in [4.78, 5) is 26.4. The number of piperidine rings is 1. The number of carbonyl (C=O) groups excluding carboxylic acids is 2. The minimum absolute atomic E-state index is 0. The Morgan fingerprint density at radius 2 is 1.96 bits per heavy atom. The number of nitrogens with zero attached hydrogens (tertiary/aromatic N) is 1. The lowest BCUT2D eigenvalue weighted by molar-refractivity contribution is -0.126. The molecule has 0 bridgehead atoms. The highest BCUT2D eigenvalue weighted by molar-refractivity contribution is 5.90. The van der Waals surface area contributed by atoms with Crippen LogP contribution in [0.5, 0.6) is 0 Å². The zero-order chi connectivity index (χ0) is 19.2. The fourth-order valence-corrected chi connectivity index (χ4v) is 3.04. The van der Waals surface area contributed by atoms with Gasteiger partial charge >= 0.3 is 6.03 Å². The molecule has 0 aromatic heterocycles. The van der Waals surface area contributed by atoms with Gasteiger partial charge in [0.2, 0.25) is 5.91 Å². The summed E-state index contributed by atoms with van der Waals surface area (Å²) < 4.78 is 13.7. The average molecular weight is 401 g/mol. The van der Waals surface area contributed by atoms with Crippen molar-refractivity contribution in [1.82, 2.24) is 10.2 Å². The minimum Gasteiger partial charge on any atom is -0.354 e. The van der Waals surface area contributed by atoms with Crippen LogP contribution < -0.4 is 16.4 Å². The number of nitrogens with one attached hydrogen (secondary N) is 2. The first kappa shape index (κ1) is 23.2. The van der Waals surface area contributed by atoms with Crippen LogP contribution in [0.1, 0.15) is 39.5 Å². The van der Waals surface area contributed by atoms with Crippen molar-refractivity contribution in [3.63, 3.8) is 0 Å². The number of rotatable bonds is 6. The van der Waals surface area contributed by atoms with Gasteiger partial charge in [-0.2, -0.15) is 0 Å². The normalized spacial score (nSPS) is 17.0. The number of carbonyl (C=O) groups is 2. The van der Waals surface area contributed by atoms with Crippen molar-refractivity contribution < 1.29 is 14.0 Å². The van der Waals surface area contributed by atoms with Crippen molar-refractivity contribution in [3.05, 3.63) is 30.1 Å². The zero-order valence-electron chi connectivity index (χ0n) is 16.0. The maximum Gasteiger partial charge on any atom is 0.321 e. The molecule has 1 fully saturated rings. The smallest absolute Gasteiger partial charge is 0.321 e. The number of hydrogen-bond donors (Lipinski definition) is 3. The molecular formula is C19H30ClFN4O2. The summed E-state index contributed by atoms with van der Waals surface area (Å²) in [5.74, 6) is -0.830. The summed E-state index contributed by atoms with van der Waals surface area (Å²) >= 11 is 0. The number of hydrogen-bond acceptors (Lipinski definition) is 3. The van der Waals surface area contributed by atoms with E-state index in [4.69, 9.17) is 5.73 Å². The predicted octanol–water partition coefficient (Wildman–Crippen LogP) is 3.13. The number of benzene rings is 1. The number of halogens is 2. The van der Waals surface area contributed by atoms with Crippen LogP contribution in [0.4, 0.5) is 14.9 Å². The van der Waals surface area contributed by atoms with Gasteiger partial charge in [-0.1, -0.05) is 26.0 Å². The summed E-state index contributed by atoms with van der Waals surface area (Å²) in [7, 11) is 0. The topological polar surface area (TPSA) is 87.5 Å². The van der Waals surface area contributed by atoms with Crippen molar-refractivity contribution in [1.29, 1.82) is 0 Å². The number of urea groups is 1. The monoisotopic (exact) mass is 400 g/mol. The Balaban J connectivity index is 0.00000364. The van der Waals surface area contributed by atoms with Gasteiger partial charge in [-0.25, -0.2) is 9.18 Å². The van der Waals surface area contributed by atoms with E-state index in [0.717, 1.165) is 25.7 Å². The molecule has 6 nitrogen and oxygen atoms in total. The molecule has 1 aromatic carbocycles. The van der Waals surface area contributed by atoms with Crippen molar-refractivity contribution in [3.8, 4) is 0 Å². The Kier molecular flexibility index (Phi) is 8.99. The van der Waals surface area contributed by atoms with Crippen LogP contribution in [-0.4, -0.2) is 42.0 Å². The van der Waals surface area contributed by atoms with Gasteiger partial charge in [0.15, 0.2) is 0 Å². The Morgan fingerprint density at radius 3 is 2.59 bits per heavy atom. The van der Waals surface area contributed by atoms with E-state index in [1.807, 2.05) is 13.8 Å². The molecule has 1 unspecified atom stereocenters. The van der Waals surface area contributed by atoms with Gasteiger partial charge in [-0.3, -0.25) is 4.79 Å². The molecule has 1 heterocycles. The van der Waals surface area contributed by atoms with E-state index in [1.54, 1.807) is 17.0 Å². The standard InChI is InChI=1S/C19H29FN4O2.ClH/c1-3-19(21,4-2)13-22-17(25)14-8-7-11-24(12-14)18(26)23-16-10-6-5-9-15(16)20;/h5-6,9-10,14H,3-4,7-8,11-13,21H2,1-2H3,(H,22,25)(H,23,26);1H. The molecule has 4 N–H and O–H groups in total. The Hall–Kier alpha value is -1.86. The Bertz CT molecular complexity index is 640.